The van der Waals surface area contributed by atoms with Crippen LogP contribution in [-0.2, 0) is 0 Å². The maximum atomic E-state index is 6.28. The first-order valence-electron chi connectivity index (χ1n) is 20.8. The monoisotopic (exact) mass is 791 g/mol. The number of rotatable bonds is 5. The van der Waals surface area contributed by atoms with Crippen molar-refractivity contribution in [2.45, 2.75) is 0 Å². The third-order valence-corrected chi connectivity index (χ3v) is 12.3. The van der Waals surface area contributed by atoms with Gasteiger partial charge in [-0.25, -0.2) is 15.0 Å². The normalized spacial score (nSPS) is 11.9. The molecule has 0 atom stereocenters. The van der Waals surface area contributed by atoms with E-state index in [-0.39, 0.29) is 0 Å². The molecule has 0 saturated carbocycles. The van der Waals surface area contributed by atoms with Gasteiger partial charge in [-0.05, 0) is 92.7 Å². The van der Waals surface area contributed by atoms with Gasteiger partial charge in [-0.2, -0.15) is 0 Å². The number of benzene rings is 9. The highest BCUT2D eigenvalue weighted by atomic mass is 16.3. The highest BCUT2D eigenvalue weighted by Crippen LogP contribution is 2.40. The molecule has 6 heteroatoms. The molecule has 62 heavy (non-hydrogen) atoms. The Labute approximate surface area is 355 Å². The fourth-order valence-corrected chi connectivity index (χ4v) is 9.35. The summed E-state index contributed by atoms with van der Waals surface area (Å²) in [7, 11) is 0. The predicted molar refractivity (Wildman–Crippen MR) is 254 cm³/mol. The number of hydrogen-bond donors (Lipinski definition) is 0. The number of furan rings is 1. The number of pyridine rings is 1. The second-order valence-corrected chi connectivity index (χ2v) is 15.8. The van der Waals surface area contributed by atoms with Crippen molar-refractivity contribution in [3.8, 4) is 51.0 Å². The van der Waals surface area contributed by atoms with E-state index < -0.39 is 0 Å². The predicted octanol–water partition coefficient (Wildman–Crippen LogP) is 14.4. The zero-order valence-corrected chi connectivity index (χ0v) is 33.2. The quantitative estimate of drug-likeness (QED) is 0.174. The van der Waals surface area contributed by atoms with Crippen LogP contribution in [-0.4, -0.2) is 24.5 Å². The van der Waals surface area contributed by atoms with Gasteiger partial charge in [-0.15, -0.1) is 0 Å². The van der Waals surface area contributed by atoms with Crippen molar-refractivity contribution >= 4 is 76.2 Å². The lowest BCUT2D eigenvalue weighted by molar-refractivity contribution is 0.668. The number of hydrogen-bond acceptors (Lipinski definition) is 5. The molecule has 9 aromatic carbocycles. The van der Waals surface area contributed by atoms with E-state index in [1.807, 2.05) is 30.3 Å². The molecular weight excluding hydrogens is 759 g/mol. The Hall–Kier alpha value is -8.48. The van der Waals surface area contributed by atoms with E-state index in [2.05, 4.69) is 173 Å². The number of fused-ring (bicyclic) bond motifs is 9. The van der Waals surface area contributed by atoms with Crippen LogP contribution in [0.15, 0.2) is 205 Å². The molecule has 0 aliphatic rings. The lowest BCUT2D eigenvalue weighted by Gasteiger charge is -2.15. The van der Waals surface area contributed by atoms with Crippen LogP contribution in [0.25, 0.3) is 127 Å². The summed E-state index contributed by atoms with van der Waals surface area (Å²) in [5.41, 5.74) is 10.7. The van der Waals surface area contributed by atoms with Crippen molar-refractivity contribution in [3.05, 3.63) is 200 Å². The number of aromatic nitrogens is 5. The van der Waals surface area contributed by atoms with Crippen LogP contribution in [0.3, 0.4) is 0 Å². The van der Waals surface area contributed by atoms with E-state index in [0.717, 1.165) is 71.8 Å². The summed E-state index contributed by atoms with van der Waals surface area (Å²) in [6.45, 7) is 0. The van der Waals surface area contributed by atoms with Gasteiger partial charge >= 0.3 is 0 Å². The lowest BCUT2D eigenvalue weighted by Crippen LogP contribution is -2.02. The maximum Gasteiger partial charge on any atom is 0.164 e. The molecule has 288 valence electrons. The molecule has 0 unspecified atom stereocenters. The highest BCUT2D eigenvalue weighted by Gasteiger charge is 2.20. The molecule has 0 N–H and O–H groups in total. The zero-order chi connectivity index (χ0) is 40.7. The summed E-state index contributed by atoms with van der Waals surface area (Å²) in [4.78, 5) is 20.3. The average molecular weight is 792 g/mol. The summed E-state index contributed by atoms with van der Waals surface area (Å²) in [6.07, 6.45) is 1.79. The molecule has 0 fully saturated rings. The van der Waals surface area contributed by atoms with Crippen LogP contribution >= 0.6 is 0 Å². The third kappa shape index (κ3) is 5.37. The van der Waals surface area contributed by atoms with Gasteiger partial charge in [0.25, 0.3) is 0 Å². The molecule has 13 aromatic rings. The topological polar surface area (TPSA) is 69.6 Å². The summed E-state index contributed by atoms with van der Waals surface area (Å²) in [5, 5.41) is 10.4. The highest BCUT2D eigenvalue weighted by molar-refractivity contribution is 6.15. The van der Waals surface area contributed by atoms with Gasteiger partial charge in [0.2, 0.25) is 0 Å². The molecule has 0 radical (unpaired) electrons. The van der Waals surface area contributed by atoms with Gasteiger partial charge < -0.3 is 8.98 Å². The van der Waals surface area contributed by atoms with Gasteiger partial charge in [0.15, 0.2) is 23.1 Å². The Morgan fingerprint density at radius 3 is 1.87 bits per heavy atom. The Kier molecular flexibility index (Phi) is 7.50. The van der Waals surface area contributed by atoms with Crippen molar-refractivity contribution in [1.82, 2.24) is 24.5 Å². The second-order valence-electron chi connectivity index (χ2n) is 15.8. The van der Waals surface area contributed by atoms with E-state index in [0.29, 0.717) is 17.5 Å². The molecule has 0 aliphatic carbocycles. The van der Waals surface area contributed by atoms with Crippen LogP contribution in [0.5, 0.6) is 0 Å². The molecule has 0 saturated heterocycles. The van der Waals surface area contributed by atoms with Crippen molar-refractivity contribution in [1.29, 1.82) is 0 Å². The van der Waals surface area contributed by atoms with Gasteiger partial charge in [0.1, 0.15) is 11.1 Å². The minimum Gasteiger partial charge on any atom is -0.454 e. The minimum atomic E-state index is 0.556. The molecule has 13 rings (SSSR count). The van der Waals surface area contributed by atoms with Gasteiger partial charge in [-0.1, -0.05) is 140 Å². The molecule has 0 bridgehead atoms. The summed E-state index contributed by atoms with van der Waals surface area (Å²) in [5.74, 6) is 1.73. The van der Waals surface area contributed by atoms with Gasteiger partial charge in [0, 0.05) is 44.4 Å². The summed E-state index contributed by atoms with van der Waals surface area (Å²) >= 11 is 0. The van der Waals surface area contributed by atoms with Crippen LogP contribution in [0, 0.1) is 0 Å². The Bertz CT molecular complexity index is 3930. The standard InChI is InChI=1S/C56H33N5O/c1-2-13-38-32-50-47(31-37(38)12-1)44-18-7-8-20-48(44)61(50)49-29-28-45(42-16-5-6-17-43(42)49)56-59-54(36-24-22-35(23-25-36)41-19-9-14-34-11-3-4-15-40(34)41)58-55(60-56)39-26-27-46-52(33-39)62-51-21-10-30-57-53(46)51/h1-33H. The maximum absolute atomic E-state index is 6.28. The van der Waals surface area contributed by atoms with E-state index in [4.69, 9.17) is 19.4 Å². The molecule has 4 aromatic heterocycles. The fourth-order valence-electron chi connectivity index (χ4n) is 9.35. The summed E-state index contributed by atoms with van der Waals surface area (Å²) in [6, 6.07) is 68.3. The average Bonchev–Trinajstić information content (AvgIpc) is 3.87. The van der Waals surface area contributed by atoms with E-state index >= 15 is 0 Å². The molecule has 0 amide bonds. The zero-order valence-electron chi connectivity index (χ0n) is 33.2. The molecular formula is C56H33N5O. The van der Waals surface area contributed by atoms with E-state index in [1.165, 1.54) is 37.9 Å². The molecule has 6 nitrogen and oxygen atoms in total. The van der Waals surface area contributed by atoms with E-state index in [9.17, 15) is 0 Å². The second kappa shape index (κ2) is 13.5. The fraction of sp³-hybridized carbons (Fsp3) is 0. The number of nitrogens with zero attached hydrogens (tertiary/aromatic N) is 5. The number of para-hydroxylation sites is 1. The third-order valence-electron chi connectivity index (χ3n) is 12.3. The lowest BCUT2D eigenvalue weighted by atomic mass is 9.97. The van der Waals surface area contributed by atoms with Gasteiger partial charge in [0.05, 0.1) is 16.7 Å². The first-order valence-corrected chi connectivity index (χ1v) is 20.8. The SMILES string of the molecule is c1ccc2cc3c(cc2c1)c1ccccc1n3-c1ccc(-c2nc(-c3ccc(-c4cccc5ccccc45)cc3)nc(-c3ccc4c(c3)oc3cccnc34)n2)c2ccccc12. The van der Waals surface area contributed by atoms with Crippen LogP contribution in [0.2, 0.25) is 0 Å². The van der Waals surface area contributed by atoms with Crippen LogP contribution in [0.4, 0.5) is 0 Å². The first kappa shape index (κ1) is 34.4. The van der Waals surface area contributed by atoms with E-state index in [1.54, 1.807) is 6.20 Å². The molecule has 4 heterocycles. The Morgan fingerprint density at radius 2 is 1.02 bits per heavy atom. The van der Waals surface area contributed by atoms with Gasteiger partial charge in [-0.3, -0.25) is 4.98 Å². The van der Waals surface area contributed by atoms with Crippen molar-refractivity contribution in [3.63, 3.8) is 0 Å². The largest absolute Gasteiger partial charge is 0.454 e. The summed E-state index contributed by atoms with van der Waals surface area (Å²) < 4.78 is 8.69. The smallest absolute Gasteiger partial charge is 0.164 e. The Balaban J connectivity index is 1.01. The van der Waals surface area contributed by atoms with Crippen molar-refractivity contribution in [2.75, 3.05) is 0 Å². The first-order chi connectivity index (χ1) is 30.7. The molecule has 0 spiro atoms. The van der Waals surface area contributed by atoms with Crippen molar-refractivity contribution in [2.24, 2.45) is 0 Å². The Morgan fingerprint density at radius 1 is 0.355 bits per heavy atom. The molecule has 0 aliphatic heterocycles. The van der Waals surface area contributed by atoms with Crippen LogP contribution in [0.1, 0.15) is 0 Å². The minimum absolute atomic E-state index is 0.556. The van der Waals surface area contributed by atoms with Crippen molar-refractivity contribution < 1.29 is 4.42 Å². The van der Waals surface area contributed by atoms with Crippen LogP contribution < -0.4 is 0 Å².